The van der Waals surface area contributed by atoms with Gasteiger partial charge in [-0.2, -0.15) is 0 Å². The second kappa shape index (κ2) is 5.10. The van der Waals surface area contributed by atoms with Gasteiger partial charge in [-0.1, -0.05) is 6.07 Å². The van der Waals surface area contributed by atoms with Crippen molar-refractivity contribution in [3.05, 3.63) is 52.6 Å². The molecule has 2 aromatic carbocycles. The molecule has 0 saturated carbocycles. The molecule has 4 rings (SSSR count). The molecule has 107 valence electrons. The number of aryl methyl sites for hydroxylation is 4. The lowest BCUT2D eigenvalue weighted by atomic mass is 9.91. The van der Waals surface area contributed by atoms with Crippen LogP contribution in [0.4, 0.5) is 17.1 Å². The molecule has 0 bridgehead atoms. The molecule has 0 aromatic heterocycles. The lowest BCUT2D eigenvalue weighted by molar-refractivity contribution is 0.685. The number of nitrogens with one attached hydrogen (secondary N) is 1. The van der Waals surface area contributed by atoms with Crippen LogP contribution in [-0.4, -0.2) is 0 Å². The van der Waals surface area contributed by atoms with Gasteiger partial charge in [0.2, 0.25) is 0 Å². The van der Waals surface area contributed by atoms with Crippen molar-refractivity contribution in [2.45, 2.75) is 44.9 Å². The zero-order chi connectivity index (χ0) is 14.2. The van der Waals surface area contributed by atoms with E-state index in [-0.39, 0.29) is 0 Å². The molecule has 0 fully saturated rings. The smallest absolute Gasteiger partial charge is 0.0636 e. The van der Waals surface area contributed by atoms with E-state index in [9.17, 15) is 0 Å². The van der Waals surface area contributed by atoms with Gasteiger partial charge in [-0.05, 0) is 85.4 Å². The molecule has 2 aromatic rings. The molecule has 0 aliphatic heterocycles. The minimum absolute atomic E-state index is 0.746. The normalized spacial score (nSPS) is 16.4. The fourth-order valence-electron chi connectivity index (χ4n) is 3.62. The zero-order valence-corrected chi connectivity index (χ0v) is 12.3. The molecular weight excluding hydrogens is 256 g/mol. The monoisotopic (exact) mass is 277 g/mol. The Hall–Kier alpha value is -1.96. The first-order valence-electron chi connectivity index (χ1n) is 8.02. The van der Waals surface area contributed by atoms with Gasteiger partial charge in [-0.15, -0.1) is 0 Å². The van der Waals surface area contributed by atoms with E-state index in [2.05, 4.69) is 35.6 Å². The highest BCUT2D eigenvalue weighted by Crippen LogP contribution is 2.32. The number of anilines is 3. The van der Waals surface area contributed by atoms with Gasteiger partial charge in [0.15, 0.2) is 0 Å². The number of nitrogen functional groups attached to an aromatic ring is 1. The van der Waals surface area contributed by atoms with Crippen LogP contribution in [0.15, 0.2) is 24.3 Å². The predicted molar refractivity (Wildman–Crippen MR) is 88.1 cm³/mol. The van der Waals surface area contributed by atoms with Crippen molar-refractivity contribution in [3.63, 3.8) is 0 Å². The van der Waals surface area contributed by atoms with Crippen LogP contribution in [0.2, 0.25) is 0 Å². The van der Waals surface area contributed by atoms with Crippen molar-refractivity contribution in [1.29, 1.82) is 0 Å². The van der Waals surface area contributed by atoms with E-state index in [1.807, 2.05) is 0 Å². The second-order valence-corrected chi connectivity index (χ2v) is 6.27. The predicted octanol–water partition coefficient (Wildman–Crippen LogP) is 4.18. The molecular formula is C19H21N2. The van der Waals surface area contributed by atoms with Gasteiger partial charge >= 0.3 is 0 Å². The molecule has 0 spiro atoms. The lowest BCUT2D eigenvalue weighted by Gasteiger charge is -2.19. The Morgan fingerprint density at radius 1 is 0.857 bits per heavy atom. The largest absolute Gasteiger partial charge is 0.397 e. The van der Waals surface area contributed by atoms with Crippen molar-refractivity contribution in [2.24, 2.45) is 0 Å². The molecule has 1 radical (unpaired) electrons. The standard InChI is InChI=1S/C19H21N2/c20-18-11-15-4-1-2-5-16(15)12-19(18)21-17-9-8-13-6-3-7-14(13)10-17/h8-10,12,21H,1-7,20H2. The van der Waals surface area contributed by atoms with Gasteiger partial charge < -0.3 is 11.1 Å². The average Bonchev–Trinajstić information content (AvgIpc) is 2.95. The van der Waals surface area contributed by atoms with Gasteiger partial charge in [-0.25, -0.2) is 0 Å². The van der Waals surface area contributed by atoms with Crippen LogP contribution < -0.4 is 11.1 Å². The fraction of sp³-hybridized carbons (Fsp3) is 0.368. The Morgan fingerprint density at radius 3 is 2.62 bits per heavy atom. The number of benzene rings is 2. The average molecular weight is 277 g/mol. The molecule has 0 atom stereocenters. The number of hydrogen-bond donors (Lipinski definition) is 2. The molecule has 21 heavy (non-hydrogen) atoms. The Bertz CT molecular complexity index is 688. The number of nitrogens with two attached hydrogens (primary N) is 1. The van der Waals surface area contributed by atoms with E-state index < -0.39 is 0 Å². The van der Waals surface area contributed by atoms with Gasteiger partial charge in [-0.3, -0.25) is 0 Å². The summed E-state index contributed by atoms with van der Waals surface area (Å²) in [7, 11) is 0. The van der Waals surface area contributed by atoms with Crippen LogP contribution in [0.5, 0.6) is 0 Å². The first-order valence-corrected chi connectivity index (χ1v) is 8.02. The highest BCUT2D eigenvalue weighted by Gasteiger charge is 2.14. The summed E-state index contributed by atoms with van der Waals surface area (Å²) in [5.41, 5.74) is 14.8. The van der Waals surface area contributed by atoms with Gasteiger partial charge in [0, 0.05) is 11.8 Å². The lowest BCUT2D eigenvalue weighted by Crippen LogP contribution is -2.06. The maximum Gasteiger partial charge on any atom is 0.0636 e. The van der Waals surface area contributed by atoms with Crippen LogP contribution in [0.3, 0.4) is 0 Å². The van der Waals surface area contributed by atoms with Gasteiger partial charge in [0.25, 0.3) is 0 Å². The Morgan fingerprint density at radius 2 is 1.67 bits per heavy atom. The minimum atomic E-state index is 0.746. The summed E-state index contributed by atoms with van der Waals surface area (Å²) in [4.78, 5) is 0. The highest BCUT2D eigenvalue weighted by atomic mass is 14.9. The van der Waals surface area contributed by atoms with Crippen LogP contribution in [-0.2, 0) is 25.7 Å². The summed E-state index contributed by atoms with van der Waals surface area (Å²) in [5, 5.41) is 3.50. The Kier molecular flexibility index (Phi) is 3.10. The quantitative estimate of drug-likeness (QED) is 0.808. The van der Waals surface area contributed by atoms with Crippen LogP contribution in [0, 0.1) is 6.07 Å². The summed E-state index contributed by atoms with van der Waals surface area (Å²) < 4.78 is 0. The first kappa shape index (κ1) is 12.8. The maximum absolute atomic E-state index is 6.19. The molecule has 3 N–H and O–H groups in total. The number of rotatable bonds is 2. The number of hydrogen-bond acceptors (Lipinski definition) is 2. The molecule has 0 unspecified atom stereocenters. The van der Waals surface area contributed by atoms with E-state index in [0.29, 0.717) is 0 Å². The van der Waals surface area contributed by atoms with E-state index in [1.165, 1.54) is 54.4 Å². The molecule has 0 heterocycles. The zero-order valence-electron chi connectivity index (χ0n) is 12.3. The summed E-state index contributed by atoms with van der Waals surface area (Å²) in [6.07, 6.45) is 8.54. The van der Waals surface area contributed by atoms with Crippen LogP contribution in [0.25, 0.3) is 0 Å². The highest BCUT2D eigenvalue weighted by molar-refractivity contribution is 5.74. The molecule has 2 aliphatic carbocycles. The molecule has 2 nitrogen and oxygen atoms in total. The molecule has 0 saturated heterocycles. The van der Waals surface area contributed by atoms with Crippen molar-refractivity contribution in [2.75, 3.05) is 11.1 Å². The Labute approximate surface area is 126 Å². The molecule has 2 heteroatoms. The second-order valence-electron chi connectivity index (χ2n) is 6.27. The summed E-state index contributed by atoms with van der Waals surface area (Å²) in [6.45, 7) is 0. The minimum Gasteiger partial charge on any atom is -0.397 e. The van der Waals surface area contributed by atoms with Crippen molar-refractivity contribution < 1.29 is 0 Å². The Balaban J connectivity index is 1.65. The SMILES string of the molecule is Nc1[c]c2c(cc1Nc1ccc3c(c1)CCC3)CCCC2. The summed E-state index contributed by atoms with van der Waals surface area (Å²) in [6, 6.07) is 12.3. The third-order valence-electron chi connectivity index (χ3n) is 4.78. The summed E-state index contributed by atoms with van der Waals surface area (Å²) >= 11 is 0. The molecule has 0 amide bonds. The van der Waals surface area contributed by atoms with Crippen molar-refractivity contribution >= 4 is 17.1 Å². The third kappa shape index (κ3) is 2.39. The maximum atomic E-state index is 6.19. The van der Waals surface area contributed by atoms with Gasteiger partial charge in [0.1, 0.15) is 0 Å². The topological polar surface area (TPSA) is 38.0 Å². The van der Waals surface area contributed by atoms with E-state index >= 15 is 0 Å². The van der Waals surface area contributed by atoms with Crippen LogP contribution in [0.1, 0.15) is 41.5 Å². The van der Waals surface area contributed by atoms with Crippen LogP contribution >= 0.6 is 0 Å². The van der Waals surface area contributed by atoms with E-state index in [1.54, 1.807) is 0 Å². The van der Waals surface area contributed by atoms with Gasteiger partial charge in [0.05, 0.1) is 11.4 Å². The third-order valence-corrected chi connectivity index (χ3v) is 4.78. The summed E-state index contributed by atoms with van der Waals surface area (Å²) in [5.74, 6) is 0. The number of fused-ring (bicyclic) bond motifs is 2. The fourth-order valence-corrected chi connectivity index (χ4v) is 3.62. The molecule has 2 aliphatic rings. The van der Waals surface area contributed by atoms with Crippen molar-refractivity contribution in [1.82, 2.24) is 0 Å². The van der Waals surface area contributed by atoms with E-state index in [4.69, 9.17) is 5.73 Å². The first-order chi connectivity index (χ1) is 10.3. The van der Waals surface area contributed by atoms with Crippen molar-refractivity contribution in [3.8, 4) is 0 Å². The van der Waals surface area contributed by atoms with E-state index in [0.717, 1.165) is 29.9 Å².